The molecule has 2 heteroatoms. The monoisotopic (exact) mass is 162 g/mol. The molecule has 1 rings (SSSR count). The Morgan fingerprint density at radius 1 is 1.33 bits per heavy atom. The van der Waals surface area contributed by atoms with Crippen molar-refractivity contribution in [3.63, 3.8) is 0 Å². The van der Waals surface area contributed by atoms with Crippen molar-refractivity contribution in [2.75, 3.05) is 0 Å². The normalized spacial score (nSPS) is 9.42. The van der Waals surface area contributed by atoms with Gasteiger partial charge in [-0.25, -0.2) is 4.79 Å². The van der Waals surface area contributed by atoms with E-state index >= 15 is 0 Å². The van der Waals surface area contributed by atoms with Crippen molar-refractivity contribution in [2.45, 2.75) is 6.92 Å². The van der Waals surface area contributed by atoms with Crippen molar-refractivity contribution in [3.05, 3.63) is 42.0 Å². The number of carboxylic acid groups (broad SMARTS) is 1. The van der Waals surface area contributed by atoms with E-state index in [0.29, 0.717) is 5.56 Å². The summed E-state index contributed by atoms with van der Waals surface area (Å²) in [7, 11) is 0. The lowest BCUT2D eigenvalue weighted by molar-refractivity contribution is -0.130. The number of rotatable bonds is 2. The van der Waals surface area contributed by atoms with Gasteiger partial charge in [-0.05, 0) is 12.5 Å². The number of hydrogen-bond acceptors (Lipinski definition) is 1. The summed E-state index contributed by atoms with van der Waals surface area (Å²) >= 11 is 0. The first-order chi connectivity index (χ1) is 5.61. The van der Waals surface area contributed by atoms with E-state index in [1.54, 1.807) is 12.1 Å². The van der Waals surface area contributed by atoms with Gasteiger partial charge in [-0.1, -0.05) is 36.4 Å². The largest absolute Gasteiger partial charge is 0.478 e. The molecule has 0 fully saturated rings. The molecule has 2 nitrogen and oxygen atoms in total. The maximum absolute atomic E-state index is 10.5. The number of aliphatic carboxylic acids is 1. The molecule has 62 valence electrons. The van der Waals surface area contributed by atoms with Gasteiger partial charge in [0.15, 0.2) is 0 Å². The second-order valence-electron chi connectivity index (χ2n) is 2.65. The van der Waals surface area contributed by atoms with Crippen LogP contribution >= 0.6 is 0 Å². The van der Waals surface area contributed by atoms with Crippen LogP contribution in [0.5, 0.6) is 0 Å². The average molecular weight is 162 g/mol. The van der Waals surface area contributed by atoms with Crippen LogP contribution < -0.4 is 0 Å². The smallest absolute Gasteiger partial charge is 0.335 e. The number of carboxylic acids is 1. The average Bonchev–Trinajstić information content (AvgIpc) is 2.04. The Balaban J connectivity index is 2.98. The zero-order valence-corrected chi connectivity index (χ0v) is 6.87. The van der Waals surface area contributed by atoms with Crippen LogP contribution in [0.4, 0.5) is 0 Å². The van der Waals surface area contributed by atoms with E-state index in [1.807, 2.05) is 19.1 Å². The Kier molecular flexibility index (Phi) is 2.29. The molecule has 1 aromatic rings. The lowest BCUT2D eigenvalue weighted by Crippen LogP contribution is -1.97. The van der Waals surface area contributed by atoms with Crippen molar-refractivity contribution in [3.8, 4) is 0 Å². The van der Waals surface area contributed by atoms with Gasteiger partial charge in [0.1, 0.15) is 0 Å². The Morgan fingerprint density at radius 2 is 1.83 bits per heavy atom. The van der Waals surface area contributed by atoms with E-state index in [4.69, 9.17) is 5.11 Å². The third kappa shape index (κ3) is 1.72. The maximum atomic E-state index is 10.5. The SMILES string of the molecule is C=C(C(=O)O)c1ccc(C)cc1. The molecule has 0 aliphatic heterocycles. The van der Waals surface area contributed by atoms with E-state index in [9.17, 15) is 4.79 Å². The fourth-order valence-electron chi connectivity index (χ4n) is 0.878. The molecule has 0 saturated heterocycles. The highest BCUT2D eigenvalue weighted by molar-refractivity contribution is 6.14. The van der Waals surface area contributed by atoms with E-state index in [-0.39, 0.29) is 5.57 Å². The third-order valence-corrected chi connectivity index (χ3v) is 1.66. The summed E-state index contributed by atoms with van der Waals surface area (Å²) in [5, 5.41) is 8.61. The lowest BCUT2D eigenvalue weighted by atomic mass is 10.1. The van der Waals surface area contributed by atoms with Crippen molar-refractivity contribution >= 4 is 11.5 Å². The van der Waals surface area contributed by atoms with Crippen molar-refractivity contribution in [1.29, 1.82) is 0 Å². The summed E-state index contributed by atoms with van der Waals surface area (Å²) in [6.07, 6.45) is 0. The molecule has 0 aliphatic rings. The van der Waals surface area contributed by atoms with E-state index < -0.39 is 5.97 Å². The highest BCUT2D eigenvalue weighted by Gasteiger charge is 2.05. The van der Waals surface area contributed by atoms with Gasteiger partial charge in [0.2, 0.25) is 0 Å². The number of carbonyl (C=O) groups is 1. The molecule has 0 radical (unpaired) electrons. The van der Waals surface area contributed by atoms with Crippen molar-refractivity contribution in [1.82, 2.24) is 0 Å². The molecule has 0 aliphatic carbocycles. The molecular formula is C10H10O2. The number of hydrogen-bond donors (Lipinski definition) is 1. The molecule has 0 spiro atoms. The Bertz CT molecular complexity index is 309. The van der Waals surface area contributed by atoms with Gasteiger partial charge < -0.3 is 5.11 Å². The second-order valence-corrected chi connectivity index (χ2v) is 2.65. The third-order valence-electron chi connectivity index (χ3n) is 1.66. The maximum Gasteiger partial charge on any atom is 0.335 e. The van der Waals surface area contributed by atoms with E-state index in [0.717, 1.165) is 5.56 Å². The van der Waals surface area contributed by atoms with Crippen LogP contribution in [0.2, 0.25) is 0 Å². The fraction of sp³-hybridized carbons (Fsp3) is 0.100. The quantitative estimate of drug-likeness (QED) is 0.676. The predicted molar refractivity (Wildman–Crippen MR) is 47.8 cm³/mol. The molecular weight excluding hydrogens is 152 g/mol. The Labute approximate surface area is 71.2 Å². The van der Waals surface area contributed by atoms with Crippen molar-refractivity contribution in [2.24, 2.45) is 0 Å². The molecule has 0 aromatic heterocycles. The van der Waals surface area contributed by atoms with Gasteiger partial charge in [0.05, 0.1) is 5.57 Å². The minimum atomic E-state index is -0.973. The van der Waals surface area contributed by atoms with Crippen LogP contribution in [0.1, 0.15) is 11.1 Å². The minimum absolute atomic E-state index is 0.134. The zero-order chi connectivity index (χ0) is 9.14. The molecule has 0 bridgehead atoms. The van der Waals surface area contributed by atoms with Gasteiger partial charge in [0.25, 0.3) is 0 Å². The Morgan fingerprint density at radius 3 is 2.25 bits per heavy atom. The molecule has 0 saturated carbocycles. The van der Waals surface area contributed by atoms with Crippen LogP contribution in [0.15, 0.2) is 30.8 Å². The molecule has 1 aromatic carbocycles. The molecule has 1 N–H and O–H groups in total. The van der Waals surface area contributed by atoms with Crippen LogP contribution in [-0.2, 0) is 4.79 Å². The summed E-state index contributed by atoms with van der Waals surface area (Å²) in [5.41, 5.74) is 1.90. The van der Waals surface area contributed by atoms with Gasteiger partial charge in [-0.3, -0.25) is 0 Å². The highest BCUT2D eigenvalue weighted by atomic mass is 16.4. The molecule has 0 amide bonds. The Hall–Kier alpha value is -1.57. The first kappa shape index (κ1) is 8.53. The predicted octanol–water partition coefficient (Wildman–Crippen LogP) is 2.09. The molecule has 0 unspecified atom stereocenters. The van der Waals surface area contributed by atoms with E-state index in [2.05, 4.69) is 6.58 Å². The molecule has 0 atom stereocenters. The second kappa shape index (κ2) is 3.22. The lowest BCUT2D eigenvalue weighted by Gasteiger charge is -1.99. The van der Waals surface area contributed by atoms with Gasteiger partial charge >= 0.3 is 5.97 Å². The summed E-state index contributed by atoms with van der Waals surface area (Å²) in [5.74, 6) is -0.973. The summed E-state index contributed by atoms with van der Waals surface area (Å²) < 4.78 is 0. The standard InChI is InChI=1S/C10H10O2/c1-7-3-5-9(6-4-7)8(2)10(11)12/h3-6H,2H2,1H3,(H,11,12). The molecule has 0 heterocycles. The van der Waals surface area contributed by atoms with Crippen LogP contribution in [0.25, 0.3) is 5.57 Å². The zero-order valence-electron chi connectivity index (χ0n) is 6.87. The summed E-state index contributed by atoms with van der Waals surface area (Å²) in [4.78, 5) is 10.5. The fourth-order valence-corrected chi connectivity index (χ4v) is 0.878. The first-order valence-corrected chi connectivity index (χ1v) is 3.60. The van der Waals surface area contributed by atoms with Gasteiger partial charge in [-0.2, -0.15) is 0 Å². The summed E-state index contributed by atoms with van der Waals surface area (Å²) in [6.45, 7) is 5.41. The minimum Gasteiger partial charge on any atom is -0.478 e. The van der Waals surface area contributed by atoms with Crippen molar-refractivity contribution < 1.29 is 9.90 Å². The highest BCUT2D eigenvalue weighted by Crippen LogP contribution is 2.12. The summed E-state index contributed by atoms with van der Waals surface area (Å²) in [6, 6.07) is 7.24. The van der Waals surface area contributed by atoms with Crippen LogP contribution in [0, 0.1) is 6.92 Å². The van der Waals surface area contributed by atoms with E-state index in [1.165, 1.54) is 0 Å². The first-order valence-electron chi connectivity index (χ1n) is 3.60. The molecule has 12 heavy (non-hydrogen) atoms. The number of aryl methyl sites for hydroxylation is 1. The van der Waals surface area contributed by atoms with Gasteiger partial charge in [0, 0.05) is 0 Å². The topological polar surface area (TPSA) is 37.3 Å². The van der Waals surface area contributed by atoms with Crippen LogP contribution in [0.3, 0.4) is 0 Å². The van der Waals surface area contributed by atoms with Gasteiger partial charge in [-0.15, -0.1) is 0 Å². The number of benzene rings is 1. The van der Waals surface area contributed by atoms with Crippen LogP contribution in [-0.4, -0.2) is 11.1 Å².